The molecule has 7 nitrogen and oxygen atoms in total. The van der Waals surface area contributed by atoms with Gasteiger partial charge in [0.2, 0.25) is 0 Å². The molecule has 4 amide bonds. The van der Waals surface area contributed by atoms with Gasteiger partial charge in [0.15, 0.2) is 0 Å². The van der Waals surface area contributed by atoms with Gasteiger partial charge < -0.3 is 15.4 Å². The van der Waals surface area contributed by atoms with E-state index in [1.54, 1.807) is 6.92 Å². The molecular formula is C8H13N3O4. The number of imide groups is 1. The third-order valence-electron chi connectivity index (χ3n) is 1.84. The van der Waals surface area contributed by atoms with Crippen LogP contribution in [0.1, 0.15) is 13.3 Å². The number of nitrogens with one attached hydrogen (secondary N) is 3. The van der Waals surface area contributed by atoms with Gasteiger partial charge in [-0.2, -0.15) is 0 Å². The van der Waals surface area contributed by atoms with Crippen LogP contribution in [0.25, 0.3) is 0 Å². The Hall–Kier alpha value is -1.79. The number of ether oxygens (including phenoxy) is 1. The van der Waals surface area contributed by atoms with Crippen LogP contribution in [-0.2, 0) is 9.53 Å². The molecule has 0 bridgehead atoms. The molecule has 0 radical (unpaired) electrons. The lowest BCUT2D eigenvalue weighted by Gasteiger charge is -2.08. The molecule has 0 aromatic rings. The topological polar surface area (TPSA) is 96.5 Å². The van der Waals surface area contributed by atoms with Gasteiger partial charge in [0, 0.05) is 6.54 Å². The van der Waals surface area contributed by atoms with E-state index in [0.717, 1.165) is 0 Å². The Labute approximate surface area is 86.5 Å². The van der Waals surface area contributed by atoms with Gasteiger partial charge in [-0.15, -0.1) is 0 Å². The summed E-state index contributed by atoms with van der Waals surface area (Å²) in [6.45, 7) is 2.27. The predicted octanol–water partition coefficient (Wildman–Crippen LogP) is -0.669. The Morgan fingerprint density at radius 3 is 2.80 bits per heavy atom. The SMILES string of the molecule is CCOC(=O)NCCC1NC(=O)NC1=O. The number of rotatable bonds is 4. The van der Waals surface area contributed by atoms with Crippen LogP contribution in [0, 0.1) is 0 Å². The van der Waals surface area contributed by atoms with Crippen molar-refractivity contribution in [3.63, 3.8) is 0 Å². The van der Waals surface area contributed by atoms with E-state index in [2.05, 4.69) is 20.7 Å². The highest BCUT2D eigenvalue weighted by atomic mass is 16.5. The lowest BCUT2D eigenvalue weighted by molar-refractivity contribution is -0.120. The summed E-state index contributed by atoms with van der Waals surface area (Å²) in [5.41, 5.74) is 0. The molecule has 15 heavy (non-hydrogen) atoms. The summed E-state index contributed by atoms with van der Waals surface area (Å²) in [7, 11) is 0. The molecule has 84 valence electrons. The third-order valence-corrected chi connectivity index (χ3v) is 1.84. The number of hydrogen-bond donors (Lipinski definition) is 3. The molecule has 1 aliphatic rings. The third kappa shape index (κ3) is 3.45. The Morgan fingerprint density at radius 1 is 1.53 bits per heavy atom. The largest absolute Gasteiger partial charge is 0.450 e. The van der Waals surface area contributed by atoms with Gasteiger partial charge in [-0.1, -0.05) is 0 Å². The molecule has 0 spiro atoms. The van der Waals surface area contributed by atoms with Gasteiger partial charge in [-0.25, -0.2) is 9.59 Å². The molecule has 3 N–H and O–H groups in total. The van der Waals surface area contributed by atoms with Crippen molar-refractivity contribution in [2.45, 2.75) is 19.4 Å². The summed E-state index contributed by atoms with van der Waals surface area (Å²) in [6.07, 6.45) is -0.182. The molecule has 1 saturated heterocycles. The number of urea groups is 1. The van der Waals surface area contributed by atoms with E-state index in [-0.39, 0.29) is 12.5 Å². The van der Waals surface area contributed by atoms with E-state index in [4.69, 9.17) is 0 Å². The number of alkyl carbamates (subject to hydrolysis) is 1. The molecule has 0 aromatic heterocycles. The van der Waals surface area contributed by atoms with Crippen molar-refractivity contribution in [3.05, 3.63) is 0 Å². The molecule has 1 aliphatic heterocycles. The van der Waals surface area contributed by atoms with Crippen molar-refractivity contribution in [3.8, 4) is 0 Å². The zero-order valence-corrected chi connectivity index (χ0v) is 8.33. The zero-order valence-electron chi connectivity index (χ0n) is 8.33. The van der Waals surface area contributed by atoms with Crippen LogP contribution in [0.2, 0.25) is 0 Å². The summed E-state index contributed by atoms with van der Waals surface area (Å²) in [6, 6.07) is -1.07. The highest BCUT2D eigenvalue weighted by Gasteiger charge is 2.28. The van der Waals surface area contributed by atoms with Crippen molar-refractivity contribution in [2.24, 2.45) is 0 Å². The number of carbonyl (C=O) groups is 3. The Morgan fingerprint density at radius 2 is 2.27 bits per heavy atom. The minimum absolute atomic E-state index is 0.275. The summed E-state index contributed by atoms with van der Waals surface area (Å²) >= 11 is 0. The maximum absolute atomic E-state index is 11.0. The van der Waals surface area contributed by atoms with Crippen LogP contribution in [0.3, 0.4) is 0 Å². The summed E-state index contributed by atoms with van der Waals surface area (Å²) in [5, 5.41) is 6.97. The average Bonchev–Trinajstić information content (AvgIpc) is 2.46. The van der Waals surface area contributed by atoms with Gasteiger partial charge in [-0.05, 0) is 13.3 Å². The van der Waals surface area contributed by atoms with Crippen LogP contribution in [0.5, 0.6) is 0 Å². The first-order valence-corrected chi connectivity index (χ1v) is 4.65. The molecule has 0 aliphatic carbocycles. The van der Waals surface area contributed by atoms with Gasteiger partial charge >= 0.3 is 12.1 Å². The molecule has 1 heterocycles. The summed E-state index contributed by atoms with van der Waals surface area (Å²) in [4.78, 5) is 32.6. The quantitative estimate of drug-likeness (QED) is 0.542. The van der Waals surface area contributed by atoms with E-state index < -0.39 is 18.2 Å². The summed E-state index contributed by atoms with van der Waals surface area (Å²) < 4.78 is 4.62. The van der Waals surface area contributed by atoms with Crippen LogP contribution >= 0.6 is 0 Å². The molecule has 1 unspecified atom stereocenters. The minimum Gasteiger partial charge on any atom is -0.450 e. The van der Waals surface area contributed by atoms with E-state index >= 15 is 0 Å². The van der Waals surface area contributed by atoms with Gasteiger partial charge in [-0.3, -0.25) is 10.1 Å². The second kappa shape index (κ2) is 5.18. The Kier molecular flexibility index (Phi) is 3.90. The van der Waals surface area contributed by atoms with Crippen molar-refractivity contribution in [1.82, 2.24) is 16.0 Å². The lowest BCUT2D eigenvalue weighted by Crippen LogP contribution is -2.34. The van der Waals surface area contributed by atoms with E-state index in [0.29, 0.717) is 13.0 Å². The van der Waals surface area contributed by atoms with E-state index in [1.807, 2.05) is 0 Å². The number of hydrogen-bond acceptors (Lipinski definition) is 4. The van der Waals surface area contributed by atoms with Gasteiger partial charge in [0.1, 0.15) is 6.04 Å². The molecule has 1 atom stereocenters. The zero-order chi connectivity index (χ0) is 11.3. The van der Waals surface area contributed by atoms with Crippen LogP contribution in [0.15, 0.2) is 0 Å². The maximum atomic E-state index is 11.0. The number of carbonyl (C=O) groups excluding carboxylic acids is 3. The molecular weight excluding hydrogens is 202 g/mol. The highest BCUT2D eigenvalue weighted by Crippen LogP contribution is 1.97. The summed E-state index contributed by atoms with van der Waals surface area (Å²) in [5.74, 6) is -0.370. The molecule has 1 rings (SSSR count). The first-order valence-electron chi connectivity index (χ1n) is 4.65. The molecule has 1 fully saturated rings. The van der Waals surface area contributed by atoms with Crippen molar-refractivity contribution in [2.75, 3.05) is 13.2 Å². The predicted molar refractivity (Wildman–Crippen MR) is 50.1 cm³/mol. The normalized spacial score (nSPS) is 19.4. The smallest absolute Gasteiger partial charge is 0.407 e. The number of amides is 4. The van der Waals surface area contributed by atoms with E-state index in [1.165, 1.54) is 0 Å². The maximum Gasteiger partial charge on any atom is 0.407 e. The fourth-order valence-electron chi connectivity index (χ4n) is 1.16. The lowest BCUT2D eigenvalue weighted by atomic mass is 10.2. The highest BCUT2D eigenvalue weighted by molar-refractivity contribution is 6.04. The monoisotopic (exact) mass is 215 g/mol. The first-order chi connectivity index (χ1) is 7.13. The first kappa shape index (κ1) is 11.3. The molecule has 0 aromatic carbocycles. The second-order valence-electron chi connectivity index (χ2n) is 2.95. The van der Waals surface area contributed by atoms with Gasteiger partial charge in [0.25, 0.3) is 5.91 Å². The fourth-order valence-corrected chi connectivity index (χ4v) is 1.16. The Balaban J connectivity index is 2.18. The standard InChI is InChI=1S/C8H13N3O4/c1-2-15-8(14)9-4-3-5-6(12)11-7(13)10-5/h5H,2-4H2,1H3,(H,9,14)(H2,10,11,12,13). The van der Waals surface area contributed by atoms with Crippen molar-refractivity contribution in [1.29, 1.82) is 0 Å². The second-order valence-corrected chi connectivity index (χ2v) is 2.95. The fraction of sp³-hybridized carbons (Fsp3) is 0.625. The van der Waals surface area contributed by atoms with Gasteiger partial charge in [0.05, 0.1) is 6.61 Å². The molecule has 7 heteroatoms. The minimum atomic E-state index is -0.570. The average molecular weight is 215 g/mol. The van der Waals surface area contributed by atoms with Crippen molar-refractivity contribution >= 4 is 18.0 Å². The van der Waals surface area contributed by atoms with Crippen molar-refractivity contribution < 1.29 is 19.1 Å². The van der Waals surface area contributed by atoms with Crippen LogP contribution in [-0.4, -0.2) is 37.2 Å². The Bertz CT molecular complexity index is 279. The van der Waals surface area contributed by atoms with E-state index in [9.17, 15) is 14.4 Å². The van der Waals surface area contributed by atoms with Crippen LogP contribution in [0.4, 0.5) is 9.59 Å². The molecule has 0 saturated carbocycles. The van der Waals surface area contributed by atoms with Crippen LogP contribution < -0.4 is 16.0 Å².